The summed E-state index contributed by atoms with van der Waals surface area (Å²) in [5.74, 6) is -0.00755. The molecule has 9 nitrogen and oxygen atoms in total. The van der Waals surface area contributed by atoms with E-state index in [2.05, 4.69) is 4.90 Å². The minimum absolute atomic E-state index is 0.0382. The van der Waals surface area contributed by atoms with E-state index >= 15 is 0 Å². The quantitative estimate of drug-likeness (QED) is 0.415. The van der Waals surface area contributed by atoms with Crippen LogP contribution in [0.4, 0.5) is 0 Å². The molecule has 2 heterocycles. The fourth-order valence-corrected chi connectivity index (χ4v) is 7.00. The second kappa shape index (κ2) is 8.27. The molecule has 1 aliphatic heterocycles. The number of hydrogen-bond acceptors (Lipinski definition) is 5. The summed E-state index contributed by atoms with van der Waals surface area (Å²) in [5.41, 5.74) is 4.40. The fraction of sp³-hybridized carbons (Fsp3) is 0.760. The van der Waals surface area contributed by atoms with Crippen LogP contribution in [-0.4, -0.2) is 43.0 Å². The zero-order valence-corrected chi connectivity index (χ0v) is 20.1. The van der Waals surface area contributed by atoms with E-state index in [1.165, 1.54) is 22.0 Å². The van der Waals surface area contributed by atoms with Gasteiger partial charge in [0.05, 0.1) is 0 Å². The number of amidine groups is 1. The molecule has 1 aromatic heterocycles. The second-order valence-electron chi connectivity index (χ2n) is 11.3. The molecule has 9 heteroatoms. The molecule has 0 aromatic carbocycles. The van der Waals surface area contributed by atoms with E-state index in [1.807, 2.05) is 6.92 Å². The van der Waals surface area contributed by atoms with Gasteiger partial charge < -0.3 is 15.7 Å². The Morgan fingerprint density at radius 2 is 1.79 bits per heavy atom. The van der Waals surface area contributed by atoms with E-state index in [-0.39, 0.29) is 29.1 Å². The number of aromatic nitrogens is 2. The maximum absolute atomic E-state index is 13.2. The van der Waals surface area contributed by atoms with Crippen LogP contribution in [0.2, 0.25) is 0 Å². The van der Waals surface area contributed by atoms with Crippen molar-refractivity contribution in [1.82, 2.24) is 14.0 Å². The number of likely N-dealkylation sites (tertiary alicyclic amines) is 1. The molecule has 4 fully saturated rings. The Bertz CT molecular complexity index is 1120. The highest BCUT2D eigenvalue weighted by molar-refractivity contribution is 5.96. The molecule has 3 aliphatic carbocycles. The molecule has 1 amide bonds. The van der Waals surface area contributed by atoms with E-state index in [0.717, 1.165) is 45.1 Å². The van der Waals surface area contributed by atoms with Crippen molar-refractivity contribution in [2.24, 2.45) is 17.1 Å². The highest BCUT2D eigenvalue weighted by Crippen LogP contribution is 2.63. The minimum Gasteiger partial charge on any atom is -0.494 e. The number of unbranched alkanes of at least 4 members (excludes halogenated alkanes) is 1. The Morgan fingerprint density at radius 3 is 2.38 bits per heavy atom. The van der Waals surface area contributed by atoms with Gasteiger partial charge in [-0.2, -0.15) is 0 Å². The van der Waals surface area contributed by atoms with Gasteiger partial charge in [0.25, 0.3) is 5.56 Å². The molecule has 0 unspecified atom stereocenters. The van der Waals surface area contributed by atoms with Crippen LogP contribution in [-0.2, 0) is 11.3 Å². The molecule has 4 N–H and O–H groups in total. The van der Waals surface area contributed by atoms with Gasteiger partial charge in [-0.25, -0.2) is 4.79 Å². The van der Waals surface area contributed by atoms with Gasteiger partial charge >= 0.3 is 5.69 Å². The Balaban J connectivity index is 1.35. The molecule has 5 rings (SSSR count). The lowest BCUT2D eigenvalue weighted by Gasteiger charge is -2.60. The van der Waals surface area contributed by atoms with Crippen molar-refractivity contribution in [1.29, 1.82) is 5.41 Å². The van der Waals surface area contributed by atoms with Gasteiger partial charge in [-0.15, -0.1) is 0 Å². The van der Waals surface area contributed by atoms with Crippen molar-refractivity contribution in [2.75, 3.05) is 6.54 Å². The SMILES string of the molecule is CCCCn1c(O)c(C(=N)N)c(=O)n(C2CCC3(CC2)CC2(CCC(=O)N2CC2CC2)C3)c1=O. The summed E-state index contributed by atoms with van der Waals surface area (Å²) in [6.45, 7) is 3.19. The zero-order valence-electron chi connectivity index (χ0n) is 20.1. The first-order chi connectivity index (χ1) is 16.2. The average Bonchev–Trinajstić information content (AvgIpc) is 3.54. The molecule has 1 saturated heterocycles. The van der Waals surface area contributed by atoms with Gasteiger partial charge in [0.2, 0.25) is 11.8 Å². The van der Waals surface area contributed by atoms with Crippen LogP contribution in [0.25, 0.3) is 0 Å². The number of nitrogens with two attached hydrogens (primary N) is 1. The molecule has 0 radical (unpaired) electrons. The summed E-state index contributed by atoms with van der Waals surface area (Å²) in [6.07, 6.45) is 10.9. The normalized spacial score (nSPS) is 30.8. The lowest BCUT2D eigenvalue weighted by atomic mass is 9.51. The molecule has 0 atom stereocenters. The standard InChI is InChI=1S/C25H37N5O4/c1-2-3-12-28-21(32)19(20(26)27)22(33)30(23(28)34)17-6-9-24(10-7-17)14-25(15-24)11-8-18(31)29(25)13-16-4-5-16/h16-17,32H,2-15H2,1H3,(H3,26,27). The number of nitrogens with one attached hydrogen (secondary N) is 1. The third-order valence-corrected chi connectivity index (χ3v) is 8.96. The Morgan fingerprint density at radius 1 is 1.12 bits per heavy atom. The van der Waals surface area contributed by atoms with Crippen molar-refractivity contribution in [3.8, 4) is 5.88 Å². The van der Waals surface area contributed by atoms with Crippen molar-refractivity contribution >= 4 is 11.7 Å². The number of hydrogen-bond donors (Lipinski definition) is 3. The van der Waals surface area contributed by atoms with Gasteiger partial charge in [0, 0.05) is 31.1 Å². The predicted molar refractivity (Wildman–Crippen MR) is 128 cm³/mol. The van der Waals surface area contributed by atoms with Gasteiger partial charge in [0.1, 0.15) is 11.4 Å². The topological polar surface area (TPSA) is 134 Å². The molecule has 186 valence electrons. The van der Waals surface area contributed by atoms with Crippen LogP contribution in [0, 0.1) is 16.7 Å². The molecular formula is C25H37N5O4. The predicted octanol–water partition coefficient (Wildman–Crippen LogP) is 2.47. The molecular weight excluding hydrogens is 434 g/mol. The molecule has 1 aromatic rings. The minimum atomic E-state index is -0.661. The van der Waals surface area contributed by atoms with E-state index < -0.39 is 23.0 Å². The summed E-state index contributed by atoms with van der Waals surface area (Å²) < 4.78 is 2.44. The number of aromatic hydroxyl groups is 1. The molecule has 4 aliphatic rings. The monoisotopic (exact) mass is 471 g/mol. The van der Waals surface area contributed by atoms with Crippen LogP contribution in [0.15, 0.2) is 9.59 Å². The number of rotatable bonds is 7. The lowest BCUT2D eigenvalue weighted by Crippen LogP contribution is -2.61. The van der Waals surface area contributed by atoms with E-state index in [4.69, 9.17) is 11.1 Å². The maximum atomic E-state index is 13.2. The number of nitrogens with zero attached hydrogens (tertiary/aromatic N) is 3. The maximum Gasteiger partial charge on any atom is 0.334 e. The van der Waals surface area contributed by atoms with Gasteiger partial charge in [-0.1, -0.05) is 13.3 Å². The fourth-order valence-electron chi connectivity index (χ4n) is 7.00. The van der Waals surface area contributed by atoms with Gasteiger partial charge in [-0.3, -0.25) is 24.1 Å². The molecule has 34 heavy (non-hydrogen) atoms. The van der Waals surface area contributed by atoms with Gasteiger partial charge in [-0.05, 0) is 75.5 Å². The lowest BCUT2D eigenvalue weighted by molar-refractivity contribution is -0.143. The van der Waals surface area contributed by atoms with Gasteiger partial charge in [0.15, 0.2) is 0 Å². The van der Waals surface area contributed by atoms with Crippen LogP contribution >= 0.6 is 0 Å². The third-order valence-electron chi connectivity index (χ3n) is 8.96. The first kappa shape index (κ1) is 23.2. The summed E-state index contributed by atoms with van der Waals surface area (Å²) in [5, 5.41) is 18.3. The second-order valence-corrected chi connectivity index (χ2v) is 11.3. The van der Waals surface area contributed by atoms with Crippen molar-refractivity contribution in [3.63, 3.8) is 0 Å². The van der Waals surface area contributed by atoms with Crippen molar-refractivity contribution in [2.45, 2.75) is 102 Å². The van der Waals surface area contributed by atoms with Crippen LogP contribution < -0.4 is 17.0 Å². The average molecular weight is 472 g/mol. The number of nitrogen functional groups attached to an aromatic ring is 1. The molecule has 2 spiro atoms. The summed E-state index contributed by atoms with van der Waals surface area (Å²) in [4.78, 5) is 41.1. The molecule has 0 bridgehead atoms. The Kier molecular flexibility index (Phi) is 5.64. The third kappa shape index (κ3) is 3.67. The van der Waals surface area contributed by atoms with E-state index in [0.29, 0.717) is 37.5 Å². The summed E-state index contributed by atoms with van der Waals surface area (Å²) in [6, 6.07) is -0.262. The Labute approximate surface area is 199 Å². The highest BCUT2D eigenvalue weighted by Gasteiger charge is 2.61. The van der Waals surface area contributed by atoms with E-state index in [9.17, 15) is 19.5 Å². The number of carbonyl (C=O) groups excluding carboxylic acids is 1. The largest absolute Gasteiger partial charge is 0.494 e. The first-order valence-electron chi connectivity index (χ1n) is 12.9. The molecule has 3 saturated carbocycles. The zero-order chi connectivity index (χ0) is 24.3. The Hall–Kier alpha value is -2.58. The first-order valence-corrected chi connectivity index (χ1v) is 12.9. The summed E-state index contributed by atoms with van der Waals surface area (Å²) in [7, 11) is 0. The number of carbonyl (C=O) groups is 1. The van der Waals surface area contributed by atoms with Crippen molar-refractivity contribution in [3.05, 3.63) is 26.4 Å². The van der Waals surface area contributed by atoms with Crippen molar-refractivity contribution < 1.29 is 9.90 Å². The number of amides is 1. The highest BCUT2D eigenvalue weighted by atomic mass is 16.3. The smallest absolute Gasteiger partial charge is 0.334 e. The summed E-state index contributed by atoms with van der Waals surface area (Å²) >= 11 is 0. The van der Waals surface area contributed by atoms with Crippen LogP contribution in [0.3, 0.4) is 0 Å². The van der Waals surface area contributed by atoms with Crippen LogP contribution in [0.5, 0.6) is 5.88 Å². The van der Waals surface area contributed by atoms with Crippen LogP contribution in [0.1, 0.15) is 95.6 Å². The van der Waals surface area contributed by atoms with E-state index in [1.54, 1.807) is 0 Å².